The van der Waals surface area contributed by atoms with Crippen LogP contribution in [0.15, 0.2) is 73.6 Å². The number of nitrogens with one attached hydrogen (secondary N) is 2. The molecule has 0 aliphatic rings. The van der Waals surface area contributed by atoms with E-state index in [1.54, 1.807) is 34.2 Å². The normalized spacial score (nSPS) is 10.7. The molecule has 4 aromatic heterocycles. The van der Waals surface area contributed by atoms with Crippen LogP contribution in [-0.2, 0) is 22.7 Å². The van der Waals surface area contributed by atoms with Crippen molar-refractivity contribution in [2.45, 2.75) is 13.1 Å². The average molecular weight is 463 g/mol. The quantitative estimate of drug-likeness (QED) is 0.367. The Hall–Kier alpha value is -3.99. The van der Waals surface area contributed by atoms with E-state index >= 15 is 0 Å². The van der Waals surface area contributed by atoms with Crippen molar-refractivity contribution in [2.75, 3.05) is 11.5 Å². The van der Waals surface area contributed by atoms with Crippen molar-refractivity contribution in [1.82, 2.24) is 40.2 Å². The average Bonchev–Trinajstić information content (AvgIpc) is 3.57. The molecule has 0 saturated heterocycles. The van der Waals surface area contributed by atoms with E-state index in [2.05, 4.69) is 30.8 Å². The van der Waals surface area contributed by atoms with Crippen LogP contribution in [0.2, 0.25) is 0 Å². The number of thioether (sulfide) groups is 1. The first-order chi connectivity index (χ1) is 16.2. The zero-order valence-electron chi connectivity index (χ0n) is 17.7. The summed E-state index contributed by atoms with van der Waals surface area (Å²) in [4.78, 5) is 32.8. The lowest BCUT2D eigenvalue weighted by atomic mass is 10.3. The number of hydrogen-bond donors (Lipinski definition) is 2. The first-order valence-corrected chi connectivity index (χ1v) is 11.3. The van der Waals surface area contributed by atoms with Gasteiger partial charge in [-0.1, -0.05) is 12.1 Å². The summed E-state index contributed by atoms with van der Waals surface area (Å²) in [6.45, 7) is 0.749. The molecule has 0 atom stereocenters. The van der Waals surface area contributed by atoms with Gasteiger partial charge < -0.3 is 10.6 Å². The monoisotopic (exact) mass is 462 g/mol. The second-order valence-electron chi connectivity index (χ2n) is 7.00. The van der Waals surface area contributed by atoms with E-state index in [1.807, 2.05) is 48.8 Å². The van der Waals surface area contributed by atoms with Gasteiger partial charge in [0.15, 0.2) is 11.6 Å². The summed E-state index contributed by atoms with van der Waals surface area (Å²) in [5.74, 6) is 1.55. The van der Waals surface area contributed by atoms with Crippen LogP contribution in [-0.4, -0.2) is 52.8 Å². The summed E-state index contributed by atoms with van der Waals surface area (Å²) in [6, 6.07) is 11.1. The molecule has 33 heavy (non-hydrogen) atoms. The first kappa shape index (κ1) is 22.2. The molecular weight excluding hydrogens is 440 g/mol. The fraction of sp³-hybridized carbons (Fsp3) is 0.182. The number of carbonyl (C=O) groups is 2. The lowest BCUT2D eigenvalue weighted by Gasteiger charge is -2.07. The van der Waals surface area contributed by atoms with Gasteiger partial charge in [0.25, 0.3) is 0 Å². The number of aromatic nitrogens is 6. The lowest BCUT2D eigenvalue weighted by molar-refractivity contribution is -0.119. The third kappa shape index (κ3) is 6.50. The number of rotatable bonds is 10. The molecule has 0 saturated carbocycles. The molecule has 0 bridgehead atoms. The summed E-state index contributed by atoms with van der Waals surface area (Å²) in [5.41, 5.74) is 1.77. The molecule has 0 spiro atoms. The van der Waals surface area contributed by atoms with Crippen molar-refractivity contribution in [3.05, 3.63) is 84.7 Å². The minimum Gasteiger partial charge on any atom is -0.351 e. The van der Waals surface area contributed by atoms with E-state index in [1.165, 1.54) is 11.8 Å². The summed E-state index contributed by atoms with van der Waals surface area (Å²) in [7, 11) is 0. The van der Waals surface area contributed by atoms with Crippen molar-refractivity contribution in [3.8, 4) is 11.6 Å². The zero-order chi connectivity index (χ0) is 22.9. The Morgan fingerprint density at radius 3 is 1.61 bits per heavy atom. The van der Waals surface area contributed by atoms with Gasteiger partial charge in [0, 0.05) is 50.3 Å². The second-order valence-corrected chi connectivity index (χ2v) is 7.98. The summed E-state index contributed by atoms with van der Waals surface area (Å²) < 4.78 is 3.33. The molecule has 0 fully saturated rings. The Morgan fingerprint density at radius 1 is 0.758 bits per heavy atom. The van der Waals surface area contributed by atoms with Crippen LogP contribution < -0.4 is 10.6 Å². The molecule has 2 N–H and O–H groups in total. The number of amides is 2. The lowest BCUT2D eigenvalue weighted by Crippen LogP contribution is -2.28. The molecule has 11 heteroatoms. The molecule has 10 nitrogen and oxygen atoms in total. The van der Waals surface area contributed by atoms with Gasteiger partial charge in [-0.15, -0.1) is 11.8 Å². The Bertz CT molecular complexity index is 1070. The third-order valence-electron chi connectivity index (χ3n) is 4.54. The molecule has 2 amide bonds. The van der Waals surface area contributed by atoms with Crippen molar-refractivity contribution in [1.29, 1.82) is 0 Å². The highest BCUT2D eigenvalue weighted by Gasteiger charge is 2.07. The van der Waals surface area contributed by atoms with E-state index in [0.717, 1.165) is 11.1 Å². The molecule has 4 rings (SSSR count). The maximum Gasteiger partial charge on any atom is 0.230 e. The number of hydrogen-bond acceptors (Lipinski definition) is 7. The van der Waals surface area contributed by atoms with Gasteiger partial charge in [0.05, 0.1) is 11.5 Å². The van der Waals surface area contributed by atoms with Crippen molar-refractivity contribution >= 4 is 23.6 Å². The summed E-state index contributed by atoms with van der Waals surface area (Å²) in [5, 5.41) is 13.9. The Kier molecular flexibility index (Phi) is 7.44. The van der Waals surface area contributed by atoms with E-state index < -0.39 is 0 Å². The minimum atomic E-state index is -0.137. The van der Waals surface area contributed by atoms with Gasteiger partial charge in [-0.3, -0.25) is 9.59 Å². The highest BCUT2D eigenvalue weighted by molar-refractivity contribution is 8.00. The molecule has 0 aromatic carbocycles. The molecule has 4 aromatic rings. The van der Waals surface area contributed by atoms with E-state index in [9.17, 15) is 9.59 Å². The number of pyridine rings is 2. The fourth-order valence-electron chi connectivity index (χ4n) is 2.86. The number of carbonyl (C=O) groups excluding carboxylic acids is 2. The second kappa shape index (κ2) is 11.0. The van der Waals surface area contributed by atoms with Gasteiger partial charge in [0.1, 0.15) is 0 Å². The third-order valence-corrected chi connectivity index (χ3v) is 5.47. The van der Waals surface area contributed by atoms with Gasteiger partial charge in [-0.25, -0.2) is 19.3 Å². The van der Waals surface area contributed by atoms with Gasteiger partial charge in [-0.2, -0.15) is 10.2 Å². The highest BCUT2D eigenvalue weighted by atomic mass is 32.2. The van der Waals surface area contributed by atoms with Gasteiger partial charge in [-0.05, 0) is 35.4 Å². The van der Waals surface area contributed by atoms with Gasteiger partial charge in [0.2, 0.25) is 11.8 Å². The number of nitrogens with zero attached hydrogens (tertiary/aromatic N) is 6. The molecule has 0 aliphatic heterocycles. The van der Waals surface area contributed by atoms with Crippen LogP contribution in [0.5, 0.6) is 0 Å². The predicted octanol–water partition coefficient (Wildman–Crippen LogP) is 1.51. The molecule has 0 aliphatic carbocycles. The molecule has 4 heterocycles. The molecule has 168 valence electrons. The van der Waals surface area contributed by atoms with Crippen LogP contribution >= 0.6 is 11.8 Å². The van der Waals surface area contributed by atoms with Crippen molar-refractivity contribution < 1.29 is 9.59 Å². The van der Waals surface area contributed by atoms with Crippen LogP contribution in [0.25, 0.3) is 11.6 Å². The first-order valence-electron chi connectivity index (χ1n) is 10.2. The maximum atomic E-state index is 12.0. The Morgan fingerprint density at radius 2 is 1.24 bits per heavy atom. The van der Waals surface area contributed by atoms with E-state index in [4.69, 9.17) is 0 Å². The van der Waals surface area contributed by atoms with Crippen molar-refractivity contribution in [3.63, 3.8) is 0 Å². The molecule has 0 unspecified atom stereocenters. The van der Waals surface area contributed by atoms with Crippen LogP contribution in [0.4, 0.5) is 0 Å². The maximum absolute atomic E-state index is 12.0. The van der Waals surface area contributed by atoms with Crippen LogP contribution in [0.3, 0.4) is 0 Å². The SMILES string of the molecule is O=C(CSCC(=O)NCc1ccc(-n2cccn2)nc1)NCc1ccc(-n2cccn2)nc1. The largest absolute Gasteiger partial charge is 0.351 e. The zero-order valence-corrected chi connectivity index (χ0v) is 18.5. The van der Waals surface area contributed by atoms with Gasteiger partial charge >= 0.3 is 0 Å². The van der Waals surface area contributed by atoms with Crippen LogP contribution in [0.1, 0.15) is 11.1 Å². The minimum absolute atomic E-state index is 0.137. The van der Waals surface area contributed by atoms with Crippen LogP contribution in [0, 0.1) is 0 Å². The highest BCUT2D eigenvalue weighted by Crippen LogP contribution is 2.06. The smallest absolute Gasteiger partial charge is 0.230 e. The van der Waals surface area contributed by atoms with Crippen molar-refractivity contribution in [2.24, 2.45) is 0 Å². The topological polar surface area (TPSA) is 120 Å². The predicted molar refractivity (Wildman–Crippen MR) is 124 cm³/mol. The molecular formula is C22H22N8O2S. The summed E-state index contributed by atoms with van der Waals surface area (Å²) >= 11 is 1.26. The Labute approximate surface area is 194 Å². The standard InChI is InChI=1S/C22H22N8O2S/c31-21(25-13-17-3-5-19(23-11-17)29-9-1-7-27-29)15-33-16-22(32)26-14-18-4-6-20(24-12-18)30-10-2-8-28-30/h1-12H,13-16H2,(H,25,31)(H,26,32). The fourth-order valence-corrected chi connectivity index (χ4v) is 3.54. The molecule has 0 radical (unpaired) electrons. The van der Waals surface area contributed by atoms with E-state index in [-0.39, 0.29) is 23.3 Å². The van der Waals surface area contributed by atoms with E-state index in [0.29, 0.717) is 24.7 Å². The summed E-state index contributed by atoms with van der Waals surface area (Å²) in [6.07, 6.45) is 10.4. The Balaban J connectivity index is 1.11.